The van der Waals surface area contributed by atoms with Crippen molar-refractivity contribution in [3.8, 4) is 11.1 Å². The third-order valence-electron chi connectivity index (χ3n) is 2.81. The van der Waals surface area contributed by atoms with E-state index < -0.39 is 11.6 Å². The average molecular weight is 267 g/mol. The normalized spacial score (nSPS) is 11.0. The van der Waals surface area contributed by atoms with Crippen molar-refractivity contribution < 1.29 is 8.78 Å². The molecule has 0 aliphatic rings. The van der Waals surface area contributed by atoms with Crippen LogP contribution in [-0.4, -0.2) is 0 Å². The van der Waals surface area contributed by atoms with Crippen LogP contribution in [0.1, 0.15) is 25.3 Å². The van der Waals surface area contributed by atoms with Crippen molar-refractivity contribution in [1.82, 2.24) is 0 Å². The maximum atomic E-state index is 13.3. The van der Waals surface area contributed by atoms with Crippen molar-refractivity contribution in [2.45, 2.75) is 19.8 Å². The average Bonchev–Trinajstić information content (AvgIpc) is 2.27. The van der Waals surface area contributed by atoms with Gasteiger partial charge in [0.1, 0.15) is 11.6 Å². The van der Waals surface area contributed by atoms with E-state index in [9.17, 15) is 8.78 Å². The van der Waals surface area contributed by atoms with E-state index in [0.717, 1.165) is 17.2 Å². The number of halogens is 3. The second kappa shape index (κ2) is 5.07. The summed E-state index contributed by atoms with van der Waals surface area (Å²) in [4.78, 5) is 0. The SMILES string of the molecule is CC(C)c1ccc(Cl)cc1-c1cc(F)cc(F)c1. The molecule has 2 aromatic rings. The standard InChI is InChI=1S/C15H13ClF2/c1-9(2)14-4-3-11(16)7-15(14)10-5-12(17)8-13(18)6-10/h3-9H,1-2H3. The van der Waals surface area contributed by atoms with Gasteiger partial charge in [0.2, 0.25) is 0 Å². The molecule has 2 rings (SSSR count). The summed E-state index contributed by atoms with van der Waals surface area (Å²) in [7, 11) is 0. The van der Waals surface area contributed by atoms with Crippen LogP contribution in [0.25, 0.3) is 11.1 Å². The predicted octanol–water partition coefficient (Wildman–Crippen LogP) is 5.41. The molecule has 2 aromatic carbocycles. The van der Waals surface area contributed by atoms with Gasteiger partial charge in [0, 0.05) is 11.1 Å². The van der Waals surface area contributed by atoms with E-state index in [1.165, 1.54) is 12.1 Å². The Bertz CT molecular complexity index is 556. The minimum Gasteiger partial charge on any atom is -0.207 e. The highest BCUT2D eigenvalue weighted by Crippen LogP contribution is 2.32. The highest BCUT2D eigenvalue weighted by atomic mass is 35.5. The van der Waals surface area contributed by atoms with Gasteiger partial charge < -0.3 is 0 Å². The minimum atomic E-state index is -0.584. The molecule has 0 unspecified atom stereocenters. The van der Waals surface area contributed by atoms with Gasteiger partial charge in [-0.3, -0.25) is 0 Å². The van der Waals surface area contributed by atoms with Gasteiger partial charge in [-0.05, 0) is 46.9 Å². The first kappa shape index (κ1) is 13.0. The van der Waals surface area contributed by atoms with E-state index in [1.807, 2.05) is 19.9 Å². The number of rotatable bonds is 2. The Morgan fingerprint density at radius 1 is 0.944 bits per heavy atom. The lowest BCUT2D eigenvalue weighted by Crippen LogP contribution is -1.93. The van der Waals surface area contributed by atoms with Crippen molar-refractivity contribution in [3.05, 3.63) is 58.6 Å². The van der Waals surface area contributed by atoms with Crippen LogP contribution < -0.4 is 0 Å². The zero-order valence-corrected chi connectivity index (χ0v) is 10.9. The highest BCUT2D eigenvalue weighted by Gasteiger charge is 2.11. The maximum Gasteiger partial charge on any atom is 0.126 e. The molecule has 18 heavy (non-hydrogen) atoms. The first-order chi connectivity index (χ1) is 8.47. The molecule has 0 heterocycles. The van der Waals surface area contributed by atoms with Crippen LogP contribution >= 0.6 is 11.6 Å². The van der Waals surface area contributed by atoms with E-state index in [0.29, 0.717) is 10.6 Å². The van der Waals surface area contributed by atoms with Crippen molar-refractivity contribution in [2.24, 2.45) is 0 Å². The minimum absolute atomic E-state index is 0.253. The van der Waals surface area contributed by atoms with Crippen LogP contribution in [0.5, 0.6) is 0 Å². The lowest BCUT2D eigenvalue weighted by Gasteiger charge is -2.13. The topological polar surface area (TPSA) is 0 Å². The molecule has 0 bridgehead atoms. The molecule has 0 saturated carbocycles. The summed E-state index contributed by atoms with van der Waals surface area (Å²) in [6, 6.07) is 8.93. The quantitative estimate of drug-likeness (QED) is 0.682. The Hall–Kier alpha value is -1.41. The maximum absolute atomic E-state index is 13.3. The Balaban J connectivity index is 2.65. The zero-order chi connectivity index (χ0) is 13.3. The van der Waals surface area contributed by atoms with E-state index in [2.05, 4.69) is 0 Å². The third-order valence-corrected chi connectivity index (χ3v) is 3.05. The molecule has 94 valence electrons. The molecule has 0 amide bonds. The second-order valence-electron chi connectivity index (χ2n) is 4.54. The highest BCUT2D eigenvalue weighted by molar-refractivity contribution is 6.30. The first-order valence-corrected chi connectivity index (χ1v) is 6.11. The molecule has 0 nitrogen and oxygen atoms in total. The van der Waals surface area contributed by atoms with Gasteiger partial charge in [0.25, 0.3) is 0 Å². The molecule has 0 N–H and O–H groups in total. The van der Waals surface area contributed by atoms with Gasteiger partial charge >= 0.3 is 0 Å². The molecule has 0 aliphatic heterocycles. The Morgan fingerprint density at radius 3 is 2.11 bits per heavy atom. The van der Waals surface area contributed by atoms with Gasteiger partial charge in [0.15, 0.2) is 0 Å². The molecule has 0 spiro atoms. The molecule has 0 saturated heterocycles. The smallest absolute Gasteiger partial charge is 0.126 e. The summed E-state index contributed by atoms with van der Waals surface area (Å²) in [6.45, 7) is 4.06. The summed E-state index contributed by atoms with van der Waals surface area (Å²) >= 11 is 5.96. The molecule has 0 radical (unpaired) electrons. The lowest BCUT2D eigenvalue weighted by molar-refractivity contribution is 0.584. The van der Waals surface area contributed by atoms with E-state index in [1.54, 1.807) is 12.1 Å². The van der Waals surface area contributed by atoms with Crippen molar-refractivity contribution in [1.29, 1.82) is 0 Å². The fourth-order valence-electron chi connectivity index (χ4n) is 1.99. The monoisotopic (exact) mass is 266 g/mol. The molecular formula is C15H13ClF2. The van der Waals surface area contributed by atoms with Crippen molar-refractivity contribution in [3.63, 3.8) is 0 Å². The molecule has 0 fully saturated rings. The predicted molar refractivity (Wildman–Crippen MR) is 70.9 cm³/mol. The summed E-state index contributed by atoms with van der Waals surface area (Å²) in [5, 5.41) is 0.555. The Labute approximate surface area is 110 Å². The van der Waals surface area contributed by atoms with Crippen molar-refractivity contribution >= 4 is 11.6 Å². The van der Waals surface area contributed by atoms with E-state index >= 15 is 0 Å². The summed E-state index contributed by atoms with van der Waals surface area (Å²) in [6.07, 6.45) is 0. The van der Waals surface area contributed by atoms with E-state index in [-0.39, 0.29) is 5.92 Å². The lowest BCUT2D eigenvalue weighted by atomic mass is 9.92. The zero-order valence-electron chi connectivity index (χ0n) is 10.2. The second-order valence-corrected chi connectivity index (χ2v) is 4.98. The largest absolute Gasteiger partial charge is 0.207 e. The van der Waals surface area contributed by atoms with Crippen LogP contribution in [0.4, 0.5) is 8.78 Å². The van der Waals surface area contributed by atoms with Crippen LogP contribution in [0.3, 0.4) is 0 Å². The van der Waals surface area contributed by atoms with Gasteiger partial charge in [0.05, 0.1) is 0 Å². The van der Waals surface area contributed by atoms with E-state index in [4.69, 9.17) is 11.6 Å². The third kappa shape index (κ3) is 2.70. The number of hydrogen-bond donors (Lipinski definition) is 0. The molecular weight excluding hydrogens is 254 g/mol. The van der Waals surface area contributed by atoms with Crippen LogP contribution in [0, 0.1) is 11.6 Å². The summed E-state index contributed by atoms with van der Waals surface area (Å²) in [5.74, 6) is -0.914. The number of benzene rings is 2. The first-order valence-electron chi connectivity index (χ1n) is 5.73. The number of hydrogen-bond acceptors (Lipinski definition) is 0. The van der Waals surface area contributed by atoms with Gasteiger partial charge in [-0.1, -0.05) is 31.5 Å². The van der Waals surface area contributed by atoms with Crippen LogP contribution in [0.15, 0.2) is 36.4 Å². The van der Waals surface area contributed by atoms with Gasteiger partial charge in [-0.25, -0.2) is 8.78 Å². The van der Waals surface area contributed by atoms with Crippen LogP contribution in [0.2, 0.25) is 5.02 Å². The molecule has 0 atom stereocenters. The molecule has 0 aromatic heterocycles. The van der Waals surface area contributed by atoms with Gasteiger partial charge in [-0.2, -0.15) is 0 Å². The van der Waals surface area contributed by atoms with Crippen LogP contribution in [-0.2, 0) is 0 Å². The van der Waals surface area contributed by atoms with Gasteiger partial charge in [-0.15, -0.1) is 0 Å². The Kier molecular flexibility index (Phi) is 3.67. The fourth-order valence-corrected chi connectivity index (χ4v) is 2.16. The summed E-state index contributed by atoms with van der Waals surface area (Å²) < 4.78 is 26.5. The molecule has 0 aliphatic carbocycles. The summed E-state index contributed by atoms with van der Waals surface area (Å²) in [5.41, 5.74) is 2.30. The molecule has 3 heteroatoms. The van der Waals surface area contributed by atoms with Crippen molar-refractivity contribution in [2.75, 3.05) is 0 Å². The Morgan fingerprint density at radius 2 is 1.56 bits per heavy atom. The fraction of sp³-hybridized carbons (Fsp3) is 0.200.